The average molecular weight is 188 g/mol. The Hall–Kier alpha value is -0.310. The molecule has 0 amide bonds. The minimum absolute atomic E-state index is 0.651. The van der Waals surface area contributed by atoms with E-state index >= 15 is 0 Å². The molecule has 0 aromatic carbocycles. The van der Waals surface area contributed by atoms with Crippen LogP contribution in [-0.4, -0.2) is 29.6 Å². The fourth-order valence-electron chi connectivity index (χ4n) is 0.914. The molecule has 0 aliphatic carbocycles. The smallest absolute Gasteiger partial charge is 0.168 e. The maximum Gasteiger partial charge on any atom is 0.168 e. The molecule has 0 aromatic rings. The molecule has 0 radical (unpaired) electrons. The molecule has 0 aliphatic rings. The van der Waals surface area contributed by atoms with Gasteiger partial charge in [0.25, 0.3) is 0 Å². The second kappa shape index (κ2) is 6.23. The van der Waals surface area contributed by atoms with Crippen LogP contribution in [0.1, 0.15) is 27.7 Å². The molecule has 1 N–H and O–H groups in total. The Bertz CT molecular complexity index is 130. The van der Waals surface area contributed by atoms with E-state index in [1.807, 2.05) is 0 Å². The van der Waals surface area contributed by atoms with E-state index in [9.17, 15) is 0 Å². The third kappa shape index (κ3) is 4.54. The van der Waals surface area contributed by atoms with Gasteiger partial charge in [-0.1, -0.05) is 13.8 Å². The number of hydrogen-bond donors (Lipinski definition) is 1. The van der Waals surface area contributed by atoms with Crippen molar-refractivity contribution in [3.63, 3.8) is 0 Å². The summed E-state index contributed by atoms with van der Waals surface area (Å²) >= 11 is 5.21. The quantitative estimate of drug-likeness (QED) is 0.678. The van der Waals surface area contributed by atoms with Gasteiger partial charge in [0.15, 0.2) is 5.11 Å². The van der Waals surface area contributed by atoms with Crippen LogP contribution in [0.15, 0.2) is 0 Å². The van der Waals surface area contributed by atoms with Gasteiger partial charge in [0.2, 0.25) is 0 Å². The molecule has 0 rings (SSSR count). The number of rotatable bonds is 4. The lowest BCUT2D eigenvalue weighted by Crippen LogP contribution is -2.40. The monoisotopic (exact) mass is 188 g/mol. The van der Waals surface area contributed by atoms with Crippen LogP contribution in [0.25, 0.3) is 0 Å². The van der Waals surface area contributed by atoms with E-state index in [0.29, 0.717) is 5.92 Å². The van der Waals surface area contributed by atoms with Crippen LogP contribution >= 0.6 is 12.2 Å². The standard InChI is InChI=1S/C9H20N2S/c1-5-11(6-2)9(12)10-7-8(3)4/h8H,5-7H2,1-4H3,(H,10,12). The van der Waals surface area contributed by atoms with Gasteiger partial charge in [0.05, 0.1) is 0 Å². The highest BCUT2D eigenvalue weighted by Crippen LogP contribution is 1.92. The third-order valence-electron chi connectivity index (χ3n) is 1.71. The van der Waals surface area contributed by atoms with E-state index in [2.05, 4.69) is 37.9 Å². The molecule has 12 heavy (non-hydrogen) atoms. The van der Waals surface area contributed by atoms with Crippen molar-refractivity contribution in [2.24, 2.45) is 5.92 Å². The van der Waals surface area contributed by atoms with Crippen molar-refractivity contribution in [2.45, 2.75) is 27.7 Å². The molecule has 0 aliphatic heterocycles. The summed E-state index contributed by atoms with van der Waals surface area (Å²) in [7, 11) is 0. The van der Waals surface area contributed by atoms with Crippen molar-refractivity contribution in [1.29, 1.82) is 0 Å². The van der Waals surface area contributed by atoms with Crippen molar-refractivity contribution >= 4 is 17.3 Å². The van der Waals surface area contributed by atoms with Gasteiger partial charge in [-0.25, -0.2) is 0 Å². The highest BCUT2D eigenvalue weighted by molar-refractivity contribution is 7.80. The molecule has 0 heterocycles. The highest BCUT2D eigenvalue weighted by atomic mass is 32.1. The van der Waals surface area contributed by atoms with Crippen LogP contribution < -0.4 is 5.32 Å². The molecule has 0 atom stereocenters. The first-order chi connectivity index (χ1) is 5.61. The van der Waals surface area contributed by atoms with Crippen LogP contribution in [0.4, 0.5) is 0 Å². The Morgan fingerprint density at radius 2 is 1.83 bits per heavy atom. The molecule has 72 valence electrons. The normalized spacial score (nSPS) is 10.1. The predicted octanol–water partition coefficient (Wildman–Crippen LogP) is 1.86. The zero-order valence-electron chi connectivity index (χ0n) is 8.55. The molecule has 0 unspecified atom stereocenters. The first kappa shape index (κ1) is 11.7. The van der Waals surface area contributed by atoms with Gasteiger partial charge in [0, 0.05) is 19.6 Å². The molecule has 2 nitrogen and oxygen atoms in total. The van der Waals surface area contributed by atoms with Crippen LogP contribution in [0.5, 0.6) is 0 Å². The molecule has 0 fully saturated rings. The second-order valence-electron chi connectivity index (χ2n) is 3.25. The molecule has 0 aromatic heterocycles. The fourth-order valence-corrected chi connectivity index (χ4v) is 1.26. The molecular formula is C9H20N2S. The van der Waals surface area contributed by atoms with E-state index in [4.69, 9.17) is 12.2 Å². The SMILES string of the molecule is CCN(CC)C(=S)NCC(C)C. The zero-order valence-corrected chi connectivity index (χ0v) is 9.37. The van der Waals surface area contributed by atoms with Crippen molar-refractivity contribution in [3.05, 3.63) is 0 Å². The first-order valence-electron chi connectivity index (χ1n) is 4.64. The molecule has 0 saturated carbocycles. The Morgan fingerprint density at radius 1 is 1.33 bits per heavy atom. The van der Waals surface area contributed by atoms with Gasteiger partial charge in [-0.3, -0.25) is 0 Å². The number of nitrogens with zero attached hydrogens (tertiary/aromatic N) is 1. The van der Waals surface area contributed by atoms with Gasteiger partial charge in [0.1, 0.15) is 0 Å². The molecule has 0 bridgehead atoms. The van der Waals surface area contributed by atoms with Crippen molar-refractivity contribution in [1.82, 2.24) is 10.2 Å². The van der Waals surface area contributed by atoms with Gasteiger partial charge < -0.3 is 10.2 Å². The van der Waals surface area contributed by atoms with Crippen LogP contribution in [0.3, 0.4) is 0 Å². The molecule has 0 spiro atoms. The Morgan fingerprint density at radius 3 is 2.17 bits per heavy atom. The largest absolute Gasteiger partial charge is 0.362 e. The van der Waals surface area contributed by atoms with Crippen LogP contribution in [0.2, 0.25) is 0 Å². The van der Waals surface area contributed by atoms with Gasteiger partial charge >= 0.3 is 0 Å². The summed E-state index contributed by atoms with van der Waals surface area (Å²) in [5.41, 5.74) is 0. The average Bonchev–Trinajstić information content (AvgIpc) is 2.03. The molecule has 0 saturated heterocycles. The lowest BCUT2D eigenvalue weighted by molar-refractivity contribution is 0.450. The summed E-state index contributed by atoms with van der Waals surface area (Å²) < 4.78 is 0. The Balaban J connectivity index is 3.69. The zero-order chi connectivity index (χ0) is 9.56. The van der Waals surface area contributed by atoms with E-state index in [1.165, 1.54) is 0 Å². The Labute approximate surface area is 81.3 Å². The van der Waals surface area contributed by atoms with E-state index in [-0.39, 0.29) is 0 Å². The predicted molar refractivity (Wildman–Crippen MR) is 58.4 cm³/mol. The maximum absolute atomic E-state index is 5.21. The van der Waals surface area contributed by atoms with Crippen LogP contribution in [-0.2, 0) is 0 Å². The lowest BCUT2D eigenvalue weighted by atomic mass is 10.2. The van der Waals surface area contributed by atoms with Crippen molar-refractivity contribution in [2.75, 3.05) is 19.6 Å². The van der Waals surface area contributed by atoms with E-state index in [0.717, 1.165) is 24.7 Å². The van der Waals surface area contributed by atoms with Gasteiger partial charge in [-0.15, -0.1) is 0 Å². The van der Waals surface area contributed by atoms with Crippen molar-refractivity contribution < 1.29 is 0 Å². The third-order valence-corrected chi connectivity index (χ3v) is 2.11. The summed E-state index contributed by atoms with van der Waals surface area (Å²) in [6.45, 7) is 11.5. The van der Waals surface area contributed by atoms with E-state index < -0.39 is 0 Å². The topological polar surface area (TPSA) is 15.3 Å². The number of nitrogens with one attached hydrogen (secondary N) is 1. The van der Waals surface area contributed by atoms with Crippen LogP contribution in [0, 0.1) is 5.92 Å². The fraction of sp³-hybridized carbons (Fsp3) is 0.889. The molecule has 3 heteroatoms. The summed E-state index contributed by atoms with van der Waals surface area (Å²) in [4.78, 5) is 2.15. The minimum Gasteiger partial charge on any atom is -0.362 e. The Kier molecular flexibility index (Phi) is 6.07. The second-order valence-corrected chi connectivity index (χ2v) is 3.64. The van der Waals surface area contributed by atoms with Crippen molar-refractivity contribution in [3.8, 4) is 0 Å². The summed E-state index contributed by atoms with van der Waals surface area (Å²) in [5, 5.41) is 4.12. The van der Waals surface area contributed by atoms with E-state index in [1.54, 1.807) is 0 Å². The first-order valence-corrected chi connectivity index (χ1v) is 5.05. The minimum atomic E-state index is 0.651. The van der Waals surface area contributed by atoms with Gasteiger partial charge in [-0.05, 0) is 32.0 Å². The number of hydrogen-bond acceptors (Lipinski definition) is 1. The summed E-state index contributed by atoms with van der Waals surface area (Å²) in [6.07, 6.45) is 0. The van der Waals surface area contributed by atoms with Gasteiger partial charge in [-0.2, -0.15) is 0 Å². The highest BCUT2D eigenvalue weighted by Gasteiger charge is 2.03. The lowest BCUT2D eigenvalue weighted by Gasteiger charge is -2.23. The molecular weight excluding hydrogens is 168 g/mol. The maximum atomic E-state index is 5.21. The number of thiocarbonyl (C=S) groups is 1. The summed E-state index contributed by atoms with van der Waals surface area (Å²) in [5.74, 6) is 0.651. The summed E-state index contributed by atoms with van der Waals surface area (Å²) in [6, 6.07) is 0.